The van der Waals surface area contributed by atoms with Crippen molar-refractivity contribution in [1.29, 1.82) is 0 Å². The van der Waals surface area contributed by atoms with E-state index < -0.39 is 11.5 Å². The fourth-order valence-electron chi connectivity index (χ4n) is 1.56. The number of nitrogens with zero attached hydrogens (tertiary/aromatic N) is 2. The van der Waals surface area contributed by atoms with Gasteiger partial charge in [-0.05, 0) is 33.6 Å². The summed E-state index contributed by atoms with van der Waals surface area (Å²) in [5, 5.41) is 15.9. The summed E-state index contributed by atoms with van der Waals surface area (Å²) in [6, 6.07) is 0.0348. The molecule has 0 spiro atoms. The van der Waals surface area contributed by atoms with Crippen LogP contribution in [0.5, 0.6) is 0 Å². The van der Waals surface area contributed by atoms with Crippen LogP contribution in [0, 0.1) is 0 Å². The van der Waals surface area contributed by atoms with Crippen molar-refractivity contribution in [3.8, 4) is 0 Å². The standard InChI is InChI=1S/C11H20N4O3S/c1-7(2)15-9(18)13-14-10(15)19-6-4-5-11(3,12)8(16)17/h7H,4-6,12H2,1-3H3,(H,13,18)(H,16,17). The molecule has 19 heavy (non-hydrogen) atoms. The van der Waals surface area contributed by atoms with Gasteiger partial charge in [0.25, 0.3) is 0 Å². The van der Waals surface area contributed by atoms with Crippen molar-refractivity contribution >= 4 is 17.7 Å². The molecule has 108 valence electrons. The molecule has 4 N–H and O–H groups in total. The van der Waals surface area contributed by atoms with E-state index in [1.165, 1.54) is 18.7 Å². The third kappa shape index (κ3) is 4.10. The van der Waals surface area contributed by atoms with Crippen LogP contribution in [0.15, 0.2) is 9.95 Å². The maximum atomic E-state index is 11.5. The van der Waals surface area contributed by atoms with Crippen LogP contribution in [-0.2, 0) is 4.79 Å². The number of nitrogens with one attached hydrogen (secondary N) is 1. The maximum Gasteiger partial charge on any atom is 0.344 e. The maximum absolute atomic E-state index is 11.5. The van der Waals surface area contributed by atoms with E-state index in [0.29, 0.717) is 23.8 Å². The minimum atomic E-state index is -1.20. The second kappa shape index (κ2) is 6.25. The lowest BCUT2D eigenvalue weighted by molar-refractivity contribution is -0.142. The fraction of sp³-hybridized carbons (Fsp3) is 0.727. The molecule has 1 aromatic heterocycles. The Morgan fingerprint density at radius 3 is 2.79 bits per heavy atom. The zero-order chi connectivity index (χ0) is 14.6. The van der Waals surface area contributed by atoms with E-state index in [2.05, 4.69) is 10.2 Å². The molecule has 1 rings (SSSR count). The van der Waals surface area contributed by atoms with E-state index in [4.69, 9.17) is 10.8 Å². The molecule has 0 fully saturated rings. The van der Waals surface area contributed by atoms with Gasteiger partial charge in [0.05, 0.1) is 0 Å². The molecule has 0 radical (unpaired) electrons. The quantitative estimate of drug-likeness (QED) is 0.505. The monoisotopic (exact) mass is 288 g/mol. The van der Waals surface area contributed by atoms with Gasteiger partial charge in [0, 0.05) is 11.8 Å². The van der Waals surface area contributed by atoms with Crippen molar-refractivity contribution in [1.82, 2.24) is 14.8 Å². The van der Waals surface area contributed by atoms with Gasteiger partial charge in [-0.15, -0.1) is 5.10 Å². The number of rotatable bonds is 7. The number of H-pyrrole nitrogens is 1. The molecule has 0 aliphatic rings. The van der Waals surface area contributed by atoms with Crippen molar-refractivity contribution < 1.29 is 9.90 Å². The molecule has 7 nitrogen and oxygen atoms in total. The summed E-state index contributed by atoms with van der Waals surface area (Å²) in [4.78, 5) is 22.3. The van der Waals surface area contributed by atoms with E-state index in [1.54, 1.807) is 4.57 Å². The zero-order valence-corrected chi connectivity index (χ0v) is 12.2. The summed E-state index contributed by atoms with van der Waals surface area (Å²) >= 11 is 1.42. The molecule has 1 atom stereocenters. The van der Waals surface area contributed by atoms with Crippen LogP contribution >= 0.6 is 11.8 Å². The van der Waals surface area contributed by atoms with Gasteiger partial charge in [0.1, 0.15) is 5.54 Å². The lowest BCUT2D eigenvalue weighted by Crippen LogP contribution is -2.44. The highest BCUT2D eigenvalue weighted by Gasteiger charge is 2.27. The molecule has 1 heterocycles. The highest BCUT2D eigenvalue weighted by molar-refractivity contribution is 7.99. The number of aromatic nitrogens is 3. The number of aliphatic carboxylic acids is 1. The molecule has 1 aromatic rings. The van der Waals surface area contributed by atoms with E-state index in [0.717, 1.165) is 0 Å². The molecule has 0 amide bonds. The van der Waals surface area contributed by atoms with Crippen LogP contribution in [0.3, 0.4) is 0 Å². The summed E-state index contributed by atoms with van der Waals surface area (Å²) in [6.07, 6.45) is 1.02. The number of aromatic amines is 1. The van der Waals surface area contributed by atoms with Gasteiger partial charge in [-0.1, -0.05) is 11.8 Å². The second-order valence-corrected chi connectivity index (χ2v) is 6.01. The summed E-state index contributed by atoms with van der Waals surface area (Å²) in [6.45, 7) is 5.31. The number of thioether (sulfide) groups is 1. The SMILES string of the molecule is CC(C)n1c(SCCCC(C)(N)C(=O)O)n[nH]c1=O. The molecule has 1 unspecified atom stereocenters. The van der Waals surface area contributed by atoms with Crippen LogP contribution in [0.2, 0.25) is 0 Å². The van der Waals surface area contributed by atoms with Crippen LogP contribution < -0.4 is 11.4 Å². The van der Waals surface area contributed by atoms with Crippen LogP contribution in [0.25, 0.3) is 0 Å². The van der Waals surface area contributed by atoms with Crippen LogP contribution in [0.1, 0.15) is 39.7 Å². The average Bonchev–Trinajstić information content (AvgIpc) is 2.66. The Labute approximate surface area is 115 Å². The van der Waals surface area contributed by atoms with E-state index in [1.807, 2.05) is 13.8 Å². The van der Waals surface area contributed by atoms with Gasteiger partial charge in [0.2, 0.25) is 0 Å². The predicted octanol–water partition coefficient (Wildman–Crippen LogP) is 0.827. The Bertz CT molecular complexity index is 492. The molecular formula is C11H20N4O3S. The molecule has 0 saturated carbocycles. The highest BCUT2D eigenvalue weighted by atomic mass is 32.2. The number of carboxylic acids is 1. The molecule has 0 saturated heterocycles. The molecule has 0 aliphatic heterocycles. The average molecular weight is 288 g/mol. The molecule has 8 heteroatoms. The van der Waals surface area contributed by atoms with Gasteiger partial charge in [0.15, 0.2) is 5.16 Å². The summed E-state index contributed by atoms with van der Waals surface area (Å²) in [5.74, 6) is -0.340. The molecule has 0 aromatic carbocycles. The minimum absolute atomic E-state index is 0.0348. The largest absolute Gasteiger partial charge is 0.480 e. The summed E-state index contributed by atoms with van der Waals surface area (Å²) in [7, 11) is 0. The van der Waals surface area contributed by atoms with Crippen molar-refractivity contribution in [3.05, 3.63) is 10.5 Å². The first-order chi connectivity index (χ1) is 8.75. The van der Waals surface area contributed by atoms with Gasteiger partial charge in [-0.2, -0.15) is 0 Å². The predicted molar refractivity (Wildman–Crippen MR) is 73.4 cm³/mol. The molecule has 0 aliphatic carbocycles. The Balaban J connectivity index is 2.51. The topological polar surface area (TPSA) is 114 Å². The van der Waals surface area contributed by atoms with Gasteiger partial charge >= 0.3 is 11.7 Å². The number of carboxylic acid groups (broad SMARTS) is 1. The Morgan fingerprint density at radius 2 is 2.26 bits per heavy atom. The Kier molecular flexibility index (Phi) is 5.19. The number of hydrogen-bond acceptors (Lipinski definition) is 5. The third-order valence-electron chi connectivity index (χ3n) is 2.75. The first-order valence-electron chi connectivity index (χ1n) is 6.07. The Morgan fingerprint density at radius 1 is 1.63 bits per heavy atom. The summed E-state index contributed by atoms with van der Waals surface area (Å²) in [5.41, 5.74) is 4.20. The zero-order valence-electron chi connectivity index (χ0n) is 11.3. The van der Waals surface area contributed by atoms with E-state index >= 15 is 0 Å². The van der Waals surface area contributed by atoms with Crippen molar-refractivity contribution in [2.24, 2.45) is 5.73 Å². The normalized spacial score (nSPS) is 14.6. The highest BCUT2D eigenvalue weighted by Crippen LogP contribution is 2.20. The van der Waals surface area contributed by atoms with Crippen molar-refractivity contribution in [2.45, 2.75) is 50.4 Å². The smallest absolute Gasteiger partial charge is 0.344 e. The van der Waals surface area contributed by atoms with Crippen LogP contribution in [-0.4, -0.2) is 37.1 Å². The lowest BCUT2D eigenvalue weighted by atomic mass is 9.98. The number of hydrogen-bond donors (Lipinski definition) is 3. The van der Waals surface area contributed by atoms with Crippen molar-refractivity contribution in [2.75, 3.05) is 5.75 Å². The first kappa shape index (κ1) is 15.8. The Hall–Kier alpha value is -1.28. The van der Waals surface area contributed by atoms with E-state index in [9.17, 15) is 9.59 Å². The fourth-order valence-corrected chi connectivity index (χ4v) is 2.57. The van der Waals surface area contributed by atoms with Gasteiger partial charge < -0.3 is 10.8 Å². The number of carbonyl (C=O) groups is 1. The summed E-state index contributed by atoms with van der Waals surface area (Å²) < 4.78 is 1.57. The first-order valence-corrected chi connectivity index (χ1v) is 7.06. The second-order valence-electron chi connectivity index (χ2n) is 4.95. The molecule has 0 bridgehead atoms. The molecular weight excluding hydrogens is 268 g/mol. The minimum Gasteiger partial charge on any atom is -0.480 e. The number of nitrogens with two attached hydrogens (primary N) is 1. The van der Waals surface area contributed by atoms with Gasteiger partial charge in [-0.3, -0.25) is 9.36 Å². The van der Waals surface area contributed by atoms with Crippen LogP contribution in [0.4, 0.5) is 0 Å². The third-order valence-corrected chi connectivity index (χ3v) is 3.79. The van der Waals surface area contributed by atoms with Crippen molar-refractivity contribution in [3.63, 3.8) is 0 Å². The van der Waals surface area contributed by atoms with E-state index in [-0.39, 0.29) is 11.7 Å². The van der Waals surface area contributed by atoms with Gasteiger partial charge in [-0.25, -0.2) is 9.89 Å². The lowest BCUT2D eigenvalue weighted by Gasteiger charge is -2.18.